The van der Waals surface area contributed by atoms with Gasteiger partial charge in [0.25, 0.3) is 0 Å². The Labute approximate surface area is 188 Å². The highest BCUT2D eigenvalue weighted by Gasteiger charge is 2.42. The van der Waals surface area contributed by atoms with Crippen molar-refractivity contribution in [3.63, 3.8) is 0 Å². The van der Waals surface area contributed by atoms with Gasteiger partial charge in [-0.1, -0.05) is 24.3 Å². The number of likely N-dealkylation sites (tertiary alicyclic amines) is 1. The van der Waals surface area contributed by atoms with Gasteiger partial charge >= 0.3 is 5.97 Å². The van der Waals surface area contributed by atoms with Crippen molar-refractivity contribution < 1.29 is 13.9 Å². The van der Waals surface area contributed by atoms with Gasteiger partial charge < -0.3 is 14.2 Å². The number of ether oxygens (including phenoxy) is 1. The van der Waals surface area contributed by atoms with Crippen molar-refractivity contribution in [3.8, 4) is 0 Å². The predicted molar refractivity (Wildman–Crippen MR) is 124 cm³/mol. The zero-order chi connectivity index (χ0) is 22.6. The molecule has 2 heterocycles. The molecule has 0 bridgehead atoms. The number of benzene rings is 2. The van der Waals surface area contributed by atoms with Crippen LogP contribution in [-0.4, -0.2) is 60.7 Å². The molecular formula is C26H30FN3O2. The summed E-state index contributed by atoms with van der Waals surface area (Å²) in [6, 6.07) is 11.7. The first-order valence-electron chi connectivity index (χ1n) is 11.2. The van der Waals surface area contributed by atoms with Gasteiger partial charge in [-0.15, -0.1) is 0 Å². The maximum atomic E-state index is 14.8. The van der Waals surface area contributed by atoms with E-state index >= 15 is 0 Å². The van der Waals surface area contributed by atoms with Crippen molar-refractivity contribution in [2.24, 2.45) is 7.05 Å². The van der Waals surface area contributed by atoms with Crippen LogP contribution in [0.5, 0.6) is 0 Å². The molecule has 5 rings (SSSR count). The molecule has 1 aliphatic heterocycles. The van der Waals surface area contributed by atoms with E-state index in [9.17, 15) is 9.18 Å². The Morgan fingerprint density at radius 3 is 2.69 bits per heavy atom. The number of para-hydroxylation sites is 1. The van der Waals surface area contributed by atoms with Crippen LogP contribution in [0.2, 0.25) is 0 Å². The molecule has 0 N–H and O–H groups in total. The van der Waals surface area contributed by atoms with Crippen molar-refractivity contribution in [2.75, 3.05) is 34.3 Å². The molecule has 0 radical (unpaired) electrons. The van der Waals surface area contributed by atoms with E-state index in [-0.39, 0.29) is 23.7 Å². The first-order chi connectivity index (χ1) is 15.4. The van der Waals surface area contributed by atoms with Gasteiger partial charge in [-0.3, -0.25) is 4.90 Å². The topological polar surface area (TPSA) is 37.7 Å². The highest BCUT2D eigenvalue weighted by atomic mass is 19.1. The summed E-state index contributed by atoms with van der Waals surface area (Å²) in [6.07, 6.45) is 4.05. The molecule has 0 amide bonds. The molecule has 1 fully saturated rings. The Bertz CT molecular complexity index is 1190. The monoisotopic (exact) mass is 435 g/mol. The molecule has 6 heteroatoms. The lowest BCUT2D eigenvalue weighted by molar-refractivity contribution is 0.0602. The Kier molecular flexibility index (Phi) is 5.30. The third kappa shape index (κ3) is 3.24. The number of esters is 1. The van der Waals surface area contributed by atoms with E-state index < -0.39 is 0 Å². The Balaban J connectivity index is 1.55. The van der Waals surface area contributed by atoms with Crippen LogP contribution in [0.1, 0.15) is 45.4 Å². The highest BCUT2D eigenvalue weighted by Crippen LogP contribution is 2.44. The number of carbonyl (C=O) groups excluding carboxylic acids is 1. The van der Waals surface area contributed by atoms with E-state index in [0.29, 0.717) is 11.6 Å². The number of carbonyl (C=O) groups is 1. The number of aromatic nitrogens is 1. The highest BCUT2D eigenvalue weighted by molar-refractivity contribution is 6.04. The fraction of sp³-hybridized carbons (Fsp3) is 0.423. The van der Waals surface area contributed by atoms with Crippen molar-refractivity contribution in [1.29, 1.82) is 0 Å². The van der Waals surface area contributed by atoms with Crippen molar-refractivity contribution in [2.45, 2.75) is 30.8 Å². The van der Waals surface area contributed by atoms with E-state index in [1.165, 1.54) is 12.7 Å². The second kappa shape index (κ2) is 8.01. The first kappa shape index (κ1) is 21.2. The van der Waals surface area contributed by atoms with Gasteiger partial charge in [0.15, 0.2) is 0 Å². The number of likely N-dealkylation sites (N-methyl/N-ethyl adjacent to an activating group) is 1. The molecule has 0 saturated carbocycles. The Hall–Kier alpha value is -2.70. The Morgan fingerprint density at radius 1 is 1.16 bits per heavy atom. The number of aryl methyl sites for hydroxylation is 2. The maximum absolute atomic E-state index is 14.8. The number of nitrogens with zero attached hydrogens (tertiary/aromatic N) is 3. The summed E-state index contributed by atoms with van der Waals surface area (Å²) >= 11 is 0. The molecule has 1 saturated heterocycles. The largest absolute Gasteiger partial charge is 0.465 e. The number of hydrogen-bond donors (Lipinski definition) is 0. The minimum absolute atomic E-state index is 0.0808. The van der Waals surface area contributed by atoms with Crippen LogP contribution in [0.15, 0.2) is 42.6 Å². The van der Waals surface area contributed by atoms with Gasteiger partial charge in [-0.2, -0.15) is 0 Å². The SMILES string of the molecule is COC(=O)c1cccc2c([C@H]3CN(C4CCc5cccc(F)c54)C[C@@H]3N(C)C)cn(C)c12. The molecule has 0 spiro atoms. The summed E-state index contributed by atoms with van der Waals surface area (Å²) in [5.74, 6) is -0.140. The van der Waals surface area contributed by atoms with E-state index in [1.807, 2.05) is 29.8 Å². The summed E-state index contributed by atoms with van der Waals surface area (Å²) in [5, 5.41) is 1.09. The van der Waals surface area contributed by atoms with Gasteiger partial charge in [0.2, 0.25) is 0 Å². The molecule has 3 aromatic rings. The maximum Gasteiger partial charge on any atom is 0.340 e. The fourth-order valence-electron chi connectivity index (χ4n) is 5.94. The predicted octanol–water partition coefficient (Wildman–Crippen LogP) is 4.12. The van der Waals surface area contributed by atoms with E-state index in [1.54, 1.807) is 6.07 Å². The molecule has 168 valence electrons. The van der Waals surface area contributed by atoms with Crippen LogP contribution in [0.4, 0.5) is 4.39 Å². The summed E-state index contributed by atoms with van der Waals surface area (Å²) in [7, 11) is 7.64. The van der Waals surface area contributed by atoms with Crippen molar-refractivity contribution in [1.82, 2.24) is 14.4 Å². The fourth-order valence-corrected chi connectivity index (χ4v) is 5.94. The number of halogens is 1. The molecule has 32 heavy (non-hydrogen) atoms. The molecule has 2 aliphatic rings. The minimum atomic E-state index is -0.321. The standard InChI is InChI=1S/C26H30FN3O2/c1-28(2)23-15-30(22-12-11-16-7-5-10-21(27)24(16)22)14-20(23)19-13-29(3)25-17(19)8-6-9-18(25)26(31)32-4/h5-10,13,20,22-23H,11-12,14-15H2,1-4H3/t20-,22?,23+/m1/s1. The molecule has 1 aliphatic carbocycles. The average Bonchev–Trinajstić information content (AvgIpc) is 3.48. The lowest BCUT2D eigenvalue weighted by Crippen LogP contribution is -2.35. The molecule has 5 nitrogen and oxygen atoms in total. The van der Waals surface area contributed by atoms with Crippen LogP contribution in [-0.2, 0) is 18.2 Å². The van der Waals surface area contributed by atoms with Crippen molar-refractivity contribution >= 4 is 16.9 Å². The smallest absolute Gasteiger partial charge is 0.340 e. The van der Waals surface area contributed by atoms with Gasteiger partial charge in [-0.05, 0) is 50.2 Å². The van der Waals surface area contributed by atoms with Crippen LogP contribution < -0.4 is 0 Å². The Morgan fingerprint density at radius 2 is 1.94 bits per heavy atom. The lowest BCUT2D eigenvalue weighted by Gasteiger charge is -2.26. The molecule has 3 atom stereocenters. The van der Waals surface area contributed by atoms with Gasteiger partial charge in [-0.25, -0.2) is 9.18 Å². The third-order valence-electron chi connectivity index (χ3n) is 7.42. The number of fused-ring (bicyclic) bond motifs is 2. The molecule has 1 aromatic heterocycles. The summed E-state index contributed by atoms with van der Waals surface area (Å²) in [6.45, 7) is 1.76. The first-order valence-corrected chi connectivity index (χ1v) is 11.2. The lowest BCUT2D eigenvalue weighted by atomic mass is 9.92. The molecule has 1 unspecified atom stereocenters. The van der Waals surface area contributed by atoms with Crippen molar-refractivity contribution in [3.05, 3.63) is 70.7 Å². The zero-order valence-corrected chi connectivity index (χ0v) is 19.1. The number of rotatable bonds is 4. The molecular weight excluding hydrogens is 405 g/mol. The number of methoxy groups -OCH3 is 1. The van der Waals surface area contributed by atoms with Crippen LogP contribution in [0.3, 0.4) is 0 Å². The van der Waals surface area contributed by atoms with Gasteiger partial charge in [0.1, 0.15) is 5.82 Å². The second-order valence-corrected chi connectivity index (χ2v) is 9.35. The van der Waals surface area contributed by atoms with E-state index in [0.717, 1.165) is 48.0 Å². The van der Waals surface area contributed by atoms with Crippen LogP contribution >= 0.6 is 0 Å². The van der Waals surface area contributed by atoms with E-state index in [2.05, 4.69) is 42.2 Å². The third-order valence-corrected chi connectivity index (χ3v) is 7.42. The average molecular weight is 436 g/mol. The normalized spacial score (nSPS) is 23.2. The van der Waals surface area contributed by atoms with Crippen LogP contribution in [0.25, 0.3) is 10.9 Å². The number of hydrogen-bond acceptors (Lipinski definition) is 4. The van der Waals surface area contributed by atoms with Crippen LogP contribution in [0, 0.1) is 5.82 Å². The summed E-state index contributed by atoms with van der Waals surface area (Å²) in [5.41, 5.74) is 4.76. The quantitative estimate of drug-likeness (QED) is 0.578. The summed E-state index contributed by atoms with van der Waals surface area (Å²) < 4.78 is 21.8. The second-order valence-electron chi connectivity index (χ2n) is 9.35. The zero-order valence-electron chi connectivity index (χ0n) is 19.1. The van der Waals surface area contributed by atoms with Gasteiger partial charge in [0.05, 0.1) is 18.2 Å². The summed E-state index contributed by atoms with van der Waals surface area (Å²) in [4.78, 5) is 17.1. The molecule has 2 aromatic carbocycles. The van der Waals surface area contributed by atoms with E-state index in [4.69, 9.17) is 4.74 Å². The van der Waals surface area contributed by atoms with Gasteiger partial charge in [0, 0.05) is 55.3 Å². The minimum Gasteiger partial charge on any atom is -0.465 e.